The summed E-state index contributed by atoms with van der Waals surface area (Å²) < 4.78 is 26.2. The number of nitrogens with zero attached hydrogens (tertiary/aromatic N) is 1. The van der Waals surface area contributed by atoms with Crippen LogP contribution in [0.3, 0.4) is 0 Å². The predicted molar refractivity (Wildman–Crippen MR) is 74.4 cm³/mol. The molecule has 3 rings (SSSR count). The van der Waals surface area contributed by atoms with E-state index in [9.17, 15) is 8.78 Å². The SMILES string of the molecule is Fc1ccc(-c2n[nH]c(-c3ccccc3)c2Cl)cc1F. The maximum absolute atomic E-state index is 13.3. The summed E-state index contributed by atoms with van der Waals surface area (Å²) in [6.45, 7) is 0. The average Bonchev–Trinajstić information content (AvgIpc) is 2.85. The Bertz CT molecular complexity index is 754. The largest absolute Gasteiger partial charge is 0.276 e. The van der Waals surface area contributed by atoms with Gasteiger partial charge in [-0.1, -0.05) is 41.9 Å². The second kappa shape index (κ2) is 5.06. The second-order valence-corrected chi connectivity index (χ2v) is 4.63. The zero-order chi connectivity index (χ0) is 14.1. The van der Waals surface area contributed by atoms with Gasteiger partial charge in [0.2, 0.25) is 0 Å². The molecule has 20 heavy (non-hydrogen) atoms. The van der Waals surface area contributed by atoms with E-state index in [0.717, 1.165) is 17.7 Å². The number of nitrogens with one attached hydrogen (secondary N) is 1. The van der Waals surface area contributed by atoms with Gasteiger partial charge in [0.05, 0.1) is 10.7 Å². The van der Waals surface area contributed by atoms with Crippen LogP contribution < -0.4 is 0 Å². The van der Waals surface area contributed by atoms with Gasteiger partial charge in [-0.05, 0) is 18.2 Å². The fraction of sp³-hybridized carbons (Fsp3) is 0. The van der Waals surface area contributed by atoms with E-state index in [4.69, 9.17) is 11.6 Å². The van der Waals surface area contributed by atoms with Gasteiger partial charge in [-0.2, -0.15) is 5.10 Å². The molecular weight excluding hydrogens is 282 g/mol. The molecular formula is C15H9ClF2N2. The summed E-state index contributed by atoms with van der Waals surface area (Å²) in [5, 5.41) is 7.29. The summed E-state index contributed by atoms with van der Waals surface area (Å²) in [6.07, 6.45) is 0. The maximum atomic E-state index is 13.3. The highest BCUT2D eigenvalue weighted by atomic mass is 35.5. The van der Waals surface area contributed by atoms with Crippen molar-refractivity contribution in [2.24, 2.45) is 0 Å². The smallest absolute Gasteiger partial charge is 0.159 e. The molecule has 2 nitrogen and oxygen atoms in total. The number of H-pyrrole nitrogens is 1. The van der Waals surface area contributed by atoms with Crippen molar-refractivity contribution in [2.45, 2.75) is 0 Å². The minimum absolute atomic E-state index is 0.377. The van der Waals surface area contributed by atoms with Gasteiger partial charge in [0.1, 0.15) is 5.69 Å². The van der Waals surface area contributed by atoms with Crippen molar-refractivity contribution in [3.05, 3.63) is 65.2 Å². The topological polar surface area (TPSA) is 28.7 Å². The molecule has 0 aliphatic carbocycles. The zero-order valence-electron chi connectivity index (χ0n) is 10.2. The molecule has 0 aliphatic heterocycles. The molecule has 0 bridgehead atoms. The van der Waals surface area contributed by atoms with Crippen LogP contribution >= 0.6 is 11.6 Å². The lowest BCUT2D eigenvalue weighted by atomic mass is 10.1. The molecule has 0 spiro atoms. The average molecular weight is 291 g/mol. The van der Waals surface area contributed by atoms with Gasteiger partial charge >= 0.3 is 0 Å². The summed E-state index contributed by atoms with van der Waals surface area (Å²) >= 11 is 6.28. The number of aromatic nitrogens is 2. The molecule has 1 N–H and O–H groups in total. The molecule has 0 radical (unpaired) electrons. The van der Waals surface area contributed by atoms with E-state index >= 15 is 0 Å². The highest BCUT2D eigenvalue weighted by molar-refractivity contribution is 6.35. The summed E-state index contributed by atoms with van der Waals surface area (Å²) in [6, 6.07) is 13.0. The van der Waals surface area contributed by atoms with Gasteiger partial charge in [-0.25, -0.2) is 8.78 Å². The monoisotopic (exact) mass is 290 g/mol. The van der Waals surface area contributed by atoms with Gasteiger partial charge < -0.3 is 0 Å². The molecule has 0 amide bonds. The van der Waals surface area contributed by atoms with E-state index in [1.54, 1.807) is 0 Å². The Balaban J connectivity index is 2.08. The Morgan fingerprint density at radius 3 is 2.35 bits per heavy atom. The molecule has 5 heteroatoms. The molecule has 0 fully saturated rings. The van der Waals surface area contributed by atoms with Crippen LogP contribution in [0.15, 0.2) is 48.5 Å². The normalized spacial score (nSPS) is 10.8. The van der Waals surface area contributed by atoms with Crippen molar-refractivity contribution in [1.82, 2.24) is 10.2 Å². The van der Waals surface area contributed by atoms with E-state index < -0.39 is 11.6 Å². The van der Waals surface area contributed by atoms with E-state index in [1.807, 2.05) is 30.3 Å². The van der Waals surface area contributed by atoms with E-state index in [2.05, 4.69) is 10.2 Å². The quantitative estimate of drug-likeness (QED) is 0.729. The highest BCUT2D eigenvalue weighted by Gasteiger charge is 2.15. The summed E-state index contributed by atoms with van der Waals surface area (Å²) in [7, 11) is 0. The van der Waals surface area contributed by atoms with Crippen LogP contribution in [-0.4, -0.2) is 10.2 Å². The van der Waals surface area contributed by atoms with Crippen molar-refractivity contribution in [3.8, 4) is 22.5 Å². The standard InChI is InChI=1S/C15H9ClF2N2/c16-13-14(9-4-2-1-3-5-9)19-20-15(13)10-6-7-11(17)12(18)8-10/h1-8H,(H,19,20). The second-order valence-electron chi connectivity index (χ2n) is 4.26. The van der Waals surface area contributed by atoms with E-state index in [-0.39, 0.29) is 0 Å². The van der Waals surface area contributed by atoms with Crippen molar-refractivity contribution < 1.29 is 8.78 Å². The van der Waals surface area contributed by atoms with Gasteiger partial charge in [0.15, 0.2) is 11.6 Å². The first-order chi connectivity index (χ1) is 9.66. The molecule has 1 aromatic heterocycles. The third-order valence-electron chi connectivity index (χ3n) is 2.96. The summed E-state index contributed by atoms with van der Waals surface area (Å²) in [5.74, 6) is -1.83. The Hall–Kier alpha value is -2.20. The predicted octanol–water partition coefficient (Wildman–Crippen LogP) is 4.68. The number of benzene rings is 2. The Labute approximate surface area is 119 Å². The molecule has 0 unspecified atom stereocenters. The van der Waals surface area contributed by atoms with Gasteiger partial charge in [0.25, 0.3) is 0 Å². The summed E-state index contributed by atoms with van der Waals surface area (Å²) in [5.41, 5.74) is 2.34. The van der Waals surface area contributed by atoms with Crippen LogP contribution in [0.4, 0.5) is 8.78 Å². The Morgan fingerprint density at radius 2 is 1.65 bits per heavy atom. The molecule has 2 aromatic carbocycles. The fourth-order valence-electron chi connectivity index (χ4n) is 1.96. The Morgan fingerprint density at radius 1 is 0.900 bits per heavy atom. The number of aromatic amines is 1. The van der Waals surface area contributed by atoms with Gasteiger partial charge in [-0.3, -0.25) is 5.10 Å². The first-order valence-electron chi connectivity index (χ1n) is 5.91. The maximum Gasteiger partial charge on any atom is 0.159 e. The minimum Gasteiger partial charge on any atom is -0.276 e. The fourth-order valence-corrected chi connectivity index (χ4v) is 2.26. The van der Waals surface area contributed by atoms with Crippen molar-refractivity contribution >= 4 is 11.6 Å². The van der Waals surface area contributed by atoms with Crippen LogP contribution in [0.1, 0.15) is 0 Å². The van der Waals surface area contributed by atoms with Crippen LogP contribution in [0.25, 0.3) is 22.5 Å². The first kappa shape index (κ1) is 12.8. The van der Waals surface area contributed by atoms with Crippen molar-refractivity contribution in [3.63, 3.8) is 0 Å². The minimum atomic E-state index is -0.928. The van der Waals surface area contributed by atoms with Crippen LogP contribution in [0.2, 0.25) is 5.02 Å². The van der Waals surface area contributed by atoms with Gasteiger partial charge in [0, 0.05) is 11.1 Å². The molecule has 1 heterocycles. The lowest BCUT2D eigenvalue weighted by Crippen LogP contribution is -1.86. The highest BCUT2D eigenvalue weighted by Crippen LogP contribution is 2.34. The van der Waals surface area contributed by atoms with E-state index in [0.29, 0.717) is 22.0 Å². The number of hydrogen-bond donors (Lipinski definition) is 1. The molecule has 100 valence electrons. The number of hydrogen-bond acceptors (Lipinski definition) is 1. The third kappa shape index (κ3) is 2.18. The van der Waals surface area contributed by atoms with Crippen LogP contribution in [-0.2, 0) is 0 Å². The third-order valence-corrected chi connectivity index (χ3v) is 3.33. The van der Waals surface area contributed by atoms with Crippen molar-refractivity contribution in [2.75, 3.05) is 0 Å². The lowest BCUT2D eigenvalue weighted by molar-refractivity contribution is 0.509. The van der Waals surface area contributed by atoms with E-state index in [1.165, 1.54) is 6.07 Å². The number of rotatable bonds is 2. The van der Waals surface area contributed by atoms with Crippen molar-refractivity contribution in [1.29, 1.82) is 0 Å². The number of halogens is 3. The summed E-state index contributed by atoms with van der Waals surface area (Å²) in [4.78, 5) is 0. The molecule has 0 aliphatic rings. The van der Waals surface area contributed by atoms with Crippen LogP contribution in [0, 0.1) is 11.6 Å². The molecule has 0 atom stereocenters. The van der Waals surface area contributed by atoms with Crippen LogP contribution in [0.5, 0.6) is 0 Å². The molecule has 0 saturated carbocycles. The molecule has 3 aromatic rings. The molecule has 0 saturated heterocycles. The first-order valence-corrected chi connectivity index (χ1v) is 6.29. The Kier molecular flexibility index (Phi) is 3.24. The van der Waals surface area contributed by atoms with Gasteiger partial charge in [-0.15, -0.1) is 0 Å². The zero-order valence-corrected chi connectivity index (χ0v) is 11.0. The lowest BCUT2D eigenvalue weighted by Gasteiger charge is -2.00.